The number of ketones is 1. The number of nitrogens with zero attached hydrogens (tertiary/aromatic N) is 2. The van der Waals surface area contributed by atoms with Crippen LogP contribution in [0.3, 0.4) is 0 Å². The van der Waals surface area contributed by atoms with Crippen molar-refractivity contribution >= 4 is 46.4 Å². The molecular formula is C18H14ClN3O3S. The molecule has 1 aliphatic heterocycles. The molecule has 6 nitrogen and oxygen atoms in total. The summed E-state index contributed by atoms with van der Waals surface area (Å²) in [6.45, 7) is 0. The van der Waals surface area contributed by atoms with Gasteiger partial charge < -0.3 is 10.4 Å². The molecule has 0 spiro atoms. The van der Waals surface area contributed by atoms with E-state index in [9.17, 15) is 14.7 Å². The Bertz CT molecular complexity index is 880. The number of hydrogen-bond acceptors (Lipinski definition) is 6. The minimum atomic E-state index is -0.541. The summed E-state index contributed by atoms with van der Waals surface area (Å²) in [6.07, 6.45) is 1.57. The number of halogens is 1. The molecule has 132 valence electrons. The molecule has 1 fully saturated rings. The zero-order valence-corrected chi connectivity index (χ0v) is 15.0. The zero-order chi connectivity index (χ0) is 18.5. The molecule has 2 aromatic rings. The summed E-state index contributed by atoms with van der Waals surface area (Å²) in [5.74, 6) is -0.237. The van der Waals surface area contributed by atoms with E-state index in [1.165, 1.54) is 18.0 Å². The summed E-state index contributed by atoms with van der Waals surface area (Å²) in [4.78, 5) is 24.3. The molecule has 0 aromatic heterocycles. The number of carbonyl (C=O) groups excluding carboxylic acids is 2. The van der Waals surface area contributed by atoms with Gasteiger partial charge in [-0.25, -0.2) is 0 Å². The highest BCUT2D eigenvalue weighted by molar-refractivity contribution is 8.15. The lowest BCUT2D eigenvalue weighted by atomic mass is 10.1. The van der Waals surface area contributed by atoms with Gasteiger partial charge in [0.05, 0.1) is 11.5 Å². The van der Waals surface area contributed by atoms with Crippen molar-refractivity contribution in [2.45, 2.75) is 11.7 Å². The Kier molecular flexibility index (Phi) is 5.70. The van der Waals surface area contributed by atoms with E-state index in [0.717, 1.165) is 5.56 Å². The summed E-state index contributed by atoms with van der Waals surface area (Å²) in [5.41, 5.74) is 1.27. The van der Waals surface area contributed by atoms with E-state index in [2.05, 4.69) is 15.5 Å². The Morgan fingerprint density at radius 2 is 1.88 bits per heavy atom. The molecule has 2 N–H and O–H groups in total. The largest absolute Gasteiger partial charge is 0.508 e. The van der Waals surface area contributed by atoms with Crippen molar-refractivity contribution < 1.29 is 14.7 Å². The van der Waals surface area contributed by atoms with Crippen molar-refractivity contribution in [1.82, 2.24) is 5.32 Å². The number of carbonyl (C=O) groups is 2. The van der Waals surface area contributed by atoms with Crippen LogP contribution in [0.25, 0.3) is 0 Å². The highest BCUT2D eigenvalue weighted by Crippen LogP contribution is 2.24. The van der Waals surface area contributed by atoms with Crippen LogP contribution in [0.1, 0.15) is 22.3 Å². The summed E-state index contributed by atoms with van der Waals surface area (Å²) in [7, 11) is 0. The molecule has 26 heavy (non-hydrogen) atoms. The average molecular weight is 388 g/mol. The first-order valence-corrected chi connectivity index (χ1v) is 8.93. The van der Waals surface area contributed by atoms with Gasteiger partial charge in [0.2, 0.25) is 5.91 Å². The van der Waals surface area contributed by atoms with Crippen molar-refractivity contribution in [2.75, 3.05) is 0 Å². The van der Waals surface area contributed by atoms with E-state index >= 15 is 0 Å². The molecule has 1 heterocycles. The summed E-state index contributed by atoms with van der Waals surface area (Å²) < 4.78 is 0. The highest BCUT2D eigenvalue weighted by atomic mass is 35.5. The molecule has 2 aromatic carbocycles. The molecule has 0 saturated carbocycles. The number of amidine groups is 1. The van der Waals surface area contributed by atoms with Crippen LogP contribution in [0, 0.1) is 0 Å². The first kappa shape index (κ1) is 18.2. The summed E-state index contributed by atoms with van der Waals surface area (Å²) >= 11 is 6.98. The van der Waals surface area contributed by atoms with Gasteiger partial charge in [-0.15, -0.1) is 5.10 Å². The minimum absolute atomic E-state index is 0.0683. The smallest absolute Gasteiger partial charge is 0.240 e. The molecule has 3 rings (SSSR count). The molecule has 1 unspecified atom stereocenters. The predicted octanol–water partition coefficient (Wildman–Crippen LogP) is 3.24. The molecule has 1 saturated heterocycles. The van der Waals surface area contributed by atoms with E-state index in [0.29, 0.717) is 15.8 Å². The van der Waals surface area contributed by atoms with Gasteiger partial charge in [-0.2, -0.15) is 5.10 Å². The number of nitrogens with one attached hydrogen (secondary N) is 1. The lowest BCUT2D eigenvalue weighted by molar-refractivity contribution is -0.118. The standard InChI is InChI=1S/C18H14ClN3O3S/c19-13-5-3-12(4-6-13)15(24)9-16-17(25)21-18(26-16)22-20-10-11-1-7-14(23)8-2-11/h1-8,10,16,23H,9H2,(H,21,22,25)/b20-10+. The Morgan fingerprint density at radius 3 is 2.58 bits per heavy atom. The summed E-state index contributed by atoms with van der Waals surface area (Å²) in [6, 6.07) is 13.0. The number of amides is 1. The maximum atomic E-state index is 12.3. The van der Waals surface area contributed by atoms with Crippen molar-refractivity contribution in [3.8, 4) is 5.75 Å². The number of phenols is 1. The first-order chi connectivity index (χ1) is 12.5. The second-order valence-electron chi connectivity index (χ2n) is 5.47. The van der Waals surface area contributed by atoms with Crippen LogP contribution in [0.4, 0.5) is 0 Å². The highest BCUT2D eigenvalue weighted by Gasteiger charge is 2.32. The fourth-order valence-corrected chi connectivity index (χ4v) is 3.27. The number of hydrogen-bond donors (Lipinski definition) is 2. The molecule has 1 atom stereocenters. The van der Waals surface area contributed by atoms with Gasteiger partial charge in [-0.05, 0) is 54.1 Å². The Balaban J connectivity index is 1.60. The maximum absolute atomic E-state index is 12.3. The number of thioether (sulfide) groups is 1. The minimum Gasteiger partial charge on any atom is -0.508 e. The summed E-state index contributed by atoms with van der Waals surface area (Å²) in [5, 5.41) is 20.1. The third-order valence-electron chi connectivity index (χ3n) is 3.56. The van der Waals surface area contributed by atoms with Crippen LogP contribution in [0.2, 0.25) is 5.02 Å². The van der Waals surface area contributed by atoms with E-state index in [4.69, 9.17) is 11.6 Å². The third-order valence-corrected chi connectivity index (χ3v) is 4.89. The lowest BCUT2D eigenvalue weighted by Gasteiger charge is -2.04. The van der Waals surface area contributed by atoms with E-state index in [1.54, 1.807) is 48.5 Å². The zero-order valence-electron chi connectivity index (χ0n) is 13.4. The van der Waals surface area contributed by atoms with Gasteiger partial charge in [0.1, 0.15) is 5.75 Å². The Morgan fingerprint density at radius 1 is 1.19 bits per heavy atom. The van der Waals surface area contributed by atoms with Crippen LogP contribution in [0.5, 0.6) is 5.75 Å². The number of aromatic hydroxyl groups is 1. The fraction of sp³-hybridized carbons (Fsp3) is 0.111. The lowest BCUT2D eigenvalue weighted by Crippen LogP contribution is -2.26. The fourth-order valence-electron chi connectivity index (χ4n) is 2.22. The second kappa shape index (κ2) is 8.16. The first-order valence-electron chi connectivity index (χ1n) is 7.67. The van der Waals surface area contributed by atoms with Gasteiger partial charge in [-0.3, -0.25) is 9.59 Å². The SMILES string of the molecule is O=C(CC1S/C(=N/N=C/c2ccc(O)cc2)NC1=O)c1ccc(Cl)cc1. The number of benzene rings is 2. The van der Waals surface area contributed by atoms with Crippen molar-refractivity contribution in [3.05, 3.63) is 64.7 Å². The molecule has 1 amide bonds. The molecule has 0 radical (unpaired) electrons. The van der Waals surface area contributed by atoms with Crippen LogP contribution in [-0.4, -0.2) is 33.4 Å². The Labute approximate surface area is 159 Å². The average Bonchev–Trinajstić information content (AvgIpc) is 2.97. The quantitative estimate of drug-likeness (QED) is 0.468. The number of phenolic OH excluding ortho intramolecular Hbond substituents is 1. The molecule has 1 aliphatic rings. The monoisotopic (exact) mass is 387 g/mol. The van der Waals surface area contributed by atoms with E-state index < -0.39 is 5.25 Å². The van der Waals surface area contributed by atoms with E-state index in [1.807, 2.05) is 0 Å². The third kappa shape index (κ3) is 4.71. The molecule has 0 bridgehead atoms. The number of Topliss-reactive ketones (excluding diaryl/α,β-unsaturated/α-hetero) is 1. The van der Waals surface area contributed by atoms with Crippen molar-refractivity contribution in [1.29, 1.82) is 0 Å². The maximum Gasteiger partial charge on any atom is 0.240 e. The topological polar surface area (TPSA) is 91.1 Å². The van der Waals surface area contributed by atoms with Gasteiger partial charge in [0.15, 0.2) is 11.0 Å². The van der Waals surface area contributed by atoms with Gasteiger partial charge in [0.25, 0.3) is 0 Å². The molecular weight excluding hydrogens is 374 g/mol. The van der Waals surface area contributed by atoms with Crippen LogP contribution in [0.15, 0.2) is 58.7 Å². The van der Waals surface area contributed by atoms with Gasteiger partial charge in [0, 0.05) is 17.0 Å². The van der Waals surface area contributed by atoms with Gasteiger partial charge in [-0.1, -0.05) is 23.4 Å². The predicted molar refractivity (Wildman–Crippen MR) is 103 cm³/mol. The normalized spacial score (nSPS) is 18.4. The van der Waals surface area contributed by atoms with Crippen LogP contribution >= 0.6 is 23.4 Å². The molecule has 8 heteroatoms. The van der Waals surface area contributed by atoms with Crippen LogP contribution < -0.4 is 5.32 Å². The number of rotatable bonds is 5. The van der Waals surface area contributed by atoms with Crippen molar-refractivity contribution in [2.24, 2.45) is 10.2 Å². The van der Waals surface area contributed by atoms with E-state index in [-0.39, 0.29) is 23.9 Å². The van der Waals surface area contributed by atoms with Crippen LogP contribution in [-0.2, 0) is 4.79 Å². The Hall–Kier alpha value is -2.64. The second-order valence-corrected chi connectivity index (χ2v) is 7.10. The molecule has 0 aliphatic carbocycles. The van der Waals surface area contributed by atoms with Gasteiger partial charge >= 0.3 is 0 Å². The van der Waals surface area contributed by atoms with Crippen molar-refractivity contribution in [3.63, 3.8) is 0 Å².